The Balaban J connectivity index is 2.11. The lowest BCUT2D eigenvalue weighted by atomic mass is 10.1. The fourth-order valence-corrected chi connectivity index (χ4v) is 3.21. The largest absolute Gasteiger partial charge is 0.409 e. The van der Waals surface area contributed by atoms with Crippen molar-refractivity contribution >= 4 is 23.2 Å². The number of nitrogens with one attached hydrogen (secondary N) is 1. The van der Waals surface area contributed by atoms with E-state index in [9.17, 15) is 32.8 Å². The van der Waals surface area contributed by atoms with Gasteiger partial charge in [0.2, 0.25) is 11.8 Å². The van der Waals surface area contributed by atoms with E-state index >= 15 is 0 Å². The molecule has 0 unspecified atom stereocenters. The Labute approximate surface area is 168 Å². The zero-order valence-corrected chi connectivity index (χ0v) is 15.9. The van der Waals surface area contributed by atoms with Crippen molar-refractivity contribution in [1.82, 2.24) is 9.78 Å². The van der Waals surface area contributed by atoms with Crippen molar-refractivity contribution in [1.29, 1.82) is 5.26 Å². The Bertz CT molecular complexity index is 1130. The Morgan fingerprint density at radius 3 is 2.60 bits per heavy atom. The van der Waals surface area contributed by atoms with Crippen LogP contribution in [0, 0.1) is 25.2 Å². The lowest BCUT2D eigenvalue weighted by molar-refractivity contribution is -0.158. The Hall–Kier alpha value is -3.68. The van der Waals surface area contributed by atoms with Crippen LogP contribution in [0.1, 0.15) is 23.2 Å². The van der Waals surface area contributed by atoms with E-state index in [4.69, 9.17) is 0 Å². The number of hydrogen-bond donors (Lipinski definition) is 1. The zero-order chi connectivity index (χ0) is 22.2. The van der Waals surface area contributed by atoms with Crippen LogP contribution >= 0.6 is 0 Å². The molecule has 11 heteroatoms. The first-order valence-corrected chi connectivity index (χ1v) is 8.80. The van der Waals surface area contributed by atoms with Gasteiger partial charge in [0, 0.05) is 0 Å². The van der Waals surface area contributed by atoms with Crippen LogP contribution in [0.2, 0.25) is 0 Å². The smallest absolute Gasteiger partial charge is 0.324 e. The molecular weight excluding hydrogens is 403 g/mol. The third kappa shape index (κ3) is 3.76. The number of aromatic nitrogens is 2. The predicted molar refractivity (Wildman–Crippen MR) is 99.7 cm³/mol. The molecule has 3 rings (SSSR count). The molecule has 1 aromatic heterocycles. The molecule has 1 aromatic carbocycles. The number of aryl methyl sites for hydroxylation is 1. The summed E-state index contributed by atoms with van der Waals surface area (Å²) in [5.74, 6) is -1.99. The molecule has 0 bridgehead atoms. The molecule has 30 heavy (non-hydrogen) atoms. The third-order valence-corrected chi connectivity index (χ3v) is 4.81. The molecule has 0 fully saturated rings. The van der Waals surface area contributed by atoms with Crippen molar-refractivity contribution in [2.45, 2.75) is 39.0 Å². The summed E-state index contributed by atoms with van der Waals surface area (Å²) in [5.41, 5.74) is -0.604. The van der Waals surface area contributed by atoms with E-state index in [1.54, 1.807) is 6.07 Å². The summed E-state index contributed by atoms with van der Waals surface area (Å²) in [6, 6.07) is 4.89. The molecule has 0 spiro atoms. The van der Waals surface area contributed by atoms with Gasteiger partial charge in [0.05, 0.1) is 23.5 Å². The van der Waals surface area contributed by atoms with Crippen LogP contribution in [0.25, 0.3) is 0 Å². The highest BCUT2D eigenvalue weighted by Crippen LogP contribution is 2.37. The van der Waals surface area contributed by atoms with E-state index in [1.165, 1.54) is 38.1 Å². The molecule has 1 aliphatic heterocycles. The van der Waals surface area contributed by atoms with Crippen molar-refractivity contribution in [3.05, 3.63) is 51.4 Å². The minimum absolute atomic E-state index is 0.0423. The van der Waals surface area contributed by atoms with Gasteiger partial charge in [-0.3, -0.25) is 19.3 Å². The second-order valence-corrected chi connectivity index (χ2v) is 6.75. The standard InChI is InChI=1S/C19H16F3N5O3/c1-10-11(2)25-26(18(30)12(10)8-23)9-17(29)27-14-6-4-3-5-13(14)24-16(28)7-15(27)19(20,21)22/h3-6,15H,7,9H2,1-2H3,(H,24,28)/t15-/m0/s1. The van der Waals surface area contributed by atoms with Gasteiger partial charge in [0.25, 0.3) is 5.56 Å². The number of anilines is 2. The number of rotatable bonds is 2. The van der Waals surface area contributed by atoms with E-state index in [0.717, 1.165) is 0 Å². The number of fused-ring (bicyclic) bond motifs is 1. The summed E-state index contributed by atoms with van der Waals surface area (Å²) in [5, 5.41) is 15.5. The van der Waals surface area contributed by atoms with Gasteiger partial charge >= 0.3 is 6.18 Å². The fraction of sp³-hybridized carbons (Fsp3) is 0.316. The van der Waals surface area contributed by atoms with Gasteiger partial charge in [0.1, 0.15) is 24.2 Å². The zero-order valence-electron chi connectivity index (χ0n) is 15.9. The molecule has 2 amide bonds. The minimum atomic E-state index is -4.90. The second-order valence-electron chi connectivity index (χ2n) is 6.75. The van der Waals surface area contributed by atoms with Gasteiger partial charge in [-0.2, -0.15) is 23.5 Å². The molecule has 2 heterocycles. The van der Waals surface area contributed by atoms with Gasteiger partial charge in [-0.15, -0.1) is 0 Å². The monoisotopic (exact) mass is 419 g/mol. The maximum absolute atomic E-state index is 13.8. The van der Waals surface area contributed by atoms with Gasteiger partial charge in [-0.25, -0.2) is 4.68 Å². The normalized spacial score (nSPS) is 16.3. The van der Waals surface area contributed by atoms with E-state index in [-0.39, 0.29) is 16.9 Å². The van der Waals surface area contributed by atoms with E-state index in [1.807, 2.05) is 0 Å². The summed E-state index contributed by atoms with van der Waals surface area (Å²) >= 11 is 0. The molecule has 156 valence electrons. The van der Waals surface area contributed by atoms with Crippen LogP contribution in [0.4, 0.5) is 24.5 Å². The van der Waals surface area contributed by atoms with Crippen molar-refractivity contribution in [2.24, 2.45) is 0 Å². The molecule has 1 aliphatic rings. The van der Waals surface area contributed by atoms with Crippen molar-refractivity contribution < 1.29 is 22.8 Å². The van der Waals surface area contributed by atoms with Gasteiger partial charge < -0.3 is 5.32 Å². The molecule has 8 nitrogen and oxygen atoms in total. The third-order valence-electron chi connectivity index (χ3n) is 4.81. The number of hydrogen-bond acceptors (Lipinski definition) is 5. The van der Waals surface area contributed by atoms with E-state index < -0.39 is 42.6 Å². The Morgan fingerprint density at radius 2 is 1.97 bits per heavy atom. The molecule has 0 aliphatic carbocycles. The summed E-state index contributed by atoms with van der Waals surface area (Å²) in [6.07, 6.45) is -5.90. The number of amides is 2. The van der Waals surface area contributed by atoms with Crippen LogP contribution in [0.15, 0.2) is 29.1 Å². The number of nitrogens with zero attached hydrogens (tertiary/aromatic N) is 4. The number of para-hydroxylation sites is 2. The molecule has 1 N–H and O–H groups in total. The van der Waals surface area contributed by atoms with Crippen LogP contribution in [0.5, 0.6) is 0 Å². The average Bonchev–Trinajstić information content (AvgIpc) is 2.82. The second kappa shape index (κ2) is 7.62. The topological polar surface area (TPSA) is 108 Å². The highest BCUT2D eigenvalue weighted by Gasteiger charge is 2.49. The molecule has 0 saturated heterocycles. The lowest BCUT2D eigenvalue weighted by Gasteiger charge is -2.31. The van der Waals surface area contributed by atoms with Gasteiger partial charge in [-0.05, 0) is 31.5 Å². The number of carbonyl (C=O) groups is 2. The first-order valence-electron chi connectivity index (χ1n) is 8.80. The quantitative estimate of drug-likeness (QED) is 0.802. The summed E-state index contributed by atoms with van der Waals surface area (Å²) in [7, 11) is 0. The van der Waals surface area contributed by atoms with Gasteiger partial charge in [0.15, 0.2) is 0 Å². The summed E-state index contributed by atoms with van der Waals surface area (Å²) < 4.78 is 41.9. The molecule has 0 saturated carbocycles. The Morgan fingerprint density at radius 1 is 1.30 bits per heavy atom. The van der Waals surface area contributed by atoms with Crippen LogP contribution in [-0.2, 0) is 16.1 Å². The maximum atomic E-state index is 13.8. The number of benzene rings is 1. The molecule has 2 aromatic rings. The molecule has 0 radical (unpaired) electrons. The maximum Gasteiger partial charge on any atom is 0.409 e. The van der Waals surface area contributed by atoms with Crippen LogP contribution in [-0.4, -0.2) is 33.8 Å². The van der Waals surface area contributed by atoms with Crippen molar-refractivity contribution in [3.8, 4) is 6.07 Å². The number of alkyl halides is 3. The van der Waals surface area contributed by atoms with E-state index in [0.29, 0.717) is 20.8 Å². The fourth-order valence-electron chi connectivity index (χ4n) is 3.21. The predicted octanol–water partition coefficient (Wildman–Crippen LogP) is 2.04. The SMILES string of the molecule is Cc1nn(CC(=O)N2c3ccccc3NC(=O)C[C@H]2C(F)(F)F)c(=O)c(C#N)c1C. The average molecular weight is 419 g/mol. The number of halogens is 3. The summed E-state index contributed by atoms with van der Waals surface area (Å²) in [6.45, 7) is 2.19. The van der Waals surface area contributed by atoms with E-state index in [2.05, 4.69) is 10.4 Å². The number of carbonyl (C=O) groups excluding carboxylic acids is 2. The highest BCUT2D eigenvalue weighted by atomic mass is 19.4. The molecule has 1 atom stereocenters. The summed E-state index contributed by atoms with van der Waals surface area (Å²) in [4.78, 5) is 37.9. The molecular formula is C19H16F3N5O3. The van der Waals surface area contributed by atoms with Crippen LogP contribution < -0.4 is 15.8 Å². The van der Waals surface area contributed by atoms with Crippen molar-refractivity contribution in [2.75, 3.05) is 10.2 Å². The first-order chi connectivity index (χ1) is 14.0. The van der Waals surface area contributed by atoms with Crippen molar-refractivity contribution in [3.63, 3.8) is 0 Å². The minimum Gasteiger partial charge on any atom is -0.324 e. The Kier molecular flexibility index (Phi) is 5.35. The first kappa shape index (κ1) is 21.0. The van der Waals surface area contributed by atoms with Crippen LogP contribution in [0.3, 0.4) is 0 Å². The lowest BCUT2D eigenvalue weighted by Crippen LogP contribution is -2.51. The highest BCUT2D eigenvalue weighted by molar-refractivity contribution is 6.04. The van der Waals surface area contributed by atoms with Gasteiger partial charge in [-0.1, -0.05) is 12.1 Å². The number of nitriles is 1.